The van der Waals surface area contributed by atoms with Crippen LogP contribution in [0.25, 0.3) is 5.57 Å². The Hall–Kier alpha value is -3.13. The molecule has 0 spiro atoms. The van der Waals surface area contributed by atoms with Crippen LogP contribution in [0.4, 0.5) is 11.5 Å². The number of anilines is 2. The molecular weight excluding hydrogens is 440 g/mol. The zero-order chi connectivity index (χ0) is 24.5. The van der Waals surface area contributed by atoms with E-state index in [4.69, 9.17) is 15.6 Å². The molecular formula is C27H36N6O2. The maximum atomic E-state index is 12.3. The lowest BCUT2D eigenvalue weighted by molar-refractivity contribution is -0.129. The number of nitrogens with two attached hydrogens (primary N) is 1. The number of carbonyl (C=O) groups excluding carboxylic acids is 1. The Kier molecular flexibility index (Phi) is 6.65. The van der Waals surface area contributed by atoms with E-state index in [1.165, 1.54) is 22.5 Å². The Bertz CT molecular complexity index is 1160. The van der Waals surface area contributed by atoms with Crippen molar-refractivity contribution in [2.24, 2.45) is 16.6 Å². The summed E-state index contributed by atoms with van der Waals surface area (Å²) >= 11 is 0. The number of hydrogen-bond acceptors (Lipinski definition) is 6. The van der Waals surface area contributed by atoms with Gasteiger partial charge >= 0.3 is 0 Å². The van der Waals surface area contributed by atoms with Gasteiger partial charge in [0.1, 0.15) is 0 Å². The molecule has 3 aliphatic rings. The van der Waals surface area contributed by atoms with Crippen LogP contribution in [0, 0.1) is 5.92 Å². The zero-order valence-electron chi connectivity index (χ0n) is 21.0. The van der Waals surface area contributed by atoms with Gasteiger partial charge in [-0.1, -0.05) is 19.4 Å². The number of ether oxygens (including phenoxy) is 1. The predicted octanol–water partition coefficient (Wildman–Crippen LogP) is 3.47. The number of amides is 1. The van der Waals surface area contributed by atoms with Crippen LogP contribution < -0.4 is 10.6 Å². The molecule has 2 N–H and O–H groups in total. The Morgan fingerprint density at radius 1 is 1.37 bits per heavy atom. The minimum absolute atomic E-state index is 0.118. The number of carbonyl (C=O) groups is 1. The molecule has 1 aromatic carbocycles. The average Bonchev–Trinajstić information content (AvgIpc) is 3.54. The molecule has 1 saturated heterocycles. The summed E-state index contributed by atoms with van der Waals surface area (Å²) in [7, 11) is 1.76. The molecule has 1 fully saturated rings. The molecule has 8 nitrogen and oxygen atoms in total. The van der Waals surface area contributed by atoms with Gasteiger partial charge in [-0.2, -0.15) is 5.10 Å². The van der Waals surface area contributed by atoms with E-state index in [9.17, 15) is 4.79 Å². The fourth-order valence-electron chi connectivity index (χ4n) is 5.68. The summed E-state index contributed by atoms with van der Waals surface area (Å²) < 4.78 is 7.92. The first-order valence-corrected chi connectivity index (χ1v) is 12.7. The Morgan fingerprint density at radius 2 is 2.23 bits per heavy atom. The topological polar surface area (TPSA) is 89.0 Å². The molecule has 1 aromatic heterocycles. The predicted molar refractivity (Wildman–Crippen MR) is 139 cm³/mol. The highest BCUT2D eigenvalue weighted by atomic mass is 16.5. The third kappa shape index (κ3) is 4.35. The van der Waals surface area contributed by atoms with Crippen LogP contribution in [-0.2, 0) is 28.9 Å². The van der Waals surface area contributed by atoms with Crippen molar-refractivity contribution in [2.75, 3.05) is 38.3 Å². The standard InChI is InChI=1S/C27H36N6O2/c1-4-19-11-21-12-20(22(13-28)14-29-3)5-6-25(21)32(15-19)27-24-16-31(18(2)34)9-7-26(24)33(30-27)23-8-10-35-17-23/h5-6,12-14,19,23H,4,7-11,15-17,28H2,1-3H3/t19?,23-/m0/s1. The van der Waals surface area contributed by atoms with Gasteiger partial charge in [-0.25, -0.2) is 0 Å². The van der Waals surface area contributed by atoms with E-state index in [0.29, 0.717) is 19.1 Å². The molecule has 4 heterocycles. The third-order valence-electron chi connectivity index (χ3n) is 7.70. The highest BCUT2D eigenvalue weighted by Crippen LogP contribution is 2.41. The van der Waals surface area contributed by atoms with Gasteiger partial charge in [0.05, 0.1) is 19.2 Å². The summed E-state index contributed by atoms with van der Waals surface area (Å²) in [6.45, 7) is 7.67. The Balaban J connectivity index is 1.61. The van der Waals surface area contributed by atoms with Gasteiger partial charge in [-0.3, -0.25) is 14.5 Å². The van der Waals surface area contributed by atoms with Gasteiger partial charge in [-0.05, 0) is 42.0 Å². The van der Waals surface area contributed by atoms with E-state index in [-0.39, 0.29) is 11.9 Å². The van der Waals surface area contributed by atoms with Crippen molar-refractivity contribution in [1.82, 2.24) is 14.7 Å². The number of nitrogens with zero attached hydrogens (tertiary/aromatic N) is 5. The summed E-state index contributed by atoms with van der Waals surface area (Å²) in [6.07, 6.45) is 7.35. The van der Waals surface area contributed by atoms with E-state index >= 15 is 0 Å². The largest absolute Gasteiger partial charge is 0.404 e. The highest BCUT2D eigenvalue weighted by Gasteiger charge is 2.35. The second-order valence-electron chi connectivity index (χ2n) is 9.84. The minimum atomic E-state index is 0.118. The molecule has 1 amide bonds. The van der Waals surface area contributed by atoms with Crippen molar-refractivity contribution in [3.05, 3.63) is 46.8 Å². The molecule has 3 aliphatic heterocycles. The lowest BCUT2D eigenvalue weighted by Gasteiger charge is -2.36. The van der Waals surface area contributed by atoms with E-state index in [2.05, 4.69) is 39.7 Å². The maximum absolute atomic E-state index is 12.3. The second-order valence-corrected chi connectivity index (χ2v) is 9.84. The maximum Gasteiger partial charge on any atom is 0.219 e. The molecule has 0 bridgehead atoms. The molecule has 0 aliphatic carbocycles. The summed E-state index contributed by atoms with van der Waals surface area (Å²) in [4.78, 5) is 20.8. The summed E-state index contributed by atoms with van der Waals surface area (Å²) in [5.41, 5.74) is 12.8. The SMILES string of the molecule is CCC1Cc2cc(C(C=NC)=CN)ccc2N(c2nn([C@H]3CCOC3)c3c2CN(C(C)=O)CC3)C1. The molecule has 35 heavy (non-hydrogen) atoms. The first kappa shape index (κ1) is 23.6. The van der Waals surface area contributed by atoms with Crippen molar-refractivity contribution >= 4 is 29.2 Å². The van der Waals surface area contributed by atoms with Crippen molar-refractivity contribution in [1.29, 1.82) is 0 Å². The fraction of sp³-hybridized carbons (Fsp3) is 0.519. The number of aliphatic imine (C=N–C) groups is 1. The smallest absolute Gasteiger partial charge is 0.219 e. The van der Waals surface area contributed by atoms with Crippen LogP contribution >= 0.6 is 0 Å². The summed E-state index contributed by atoms with van der Waals surface area (Å²) in [6, 6.07) is 6.83. The molecule has 2 atom stereocenters. The van der Waals surface area contributed by atoms with Gasteiger partial charge < -0.3 is 20.3 Å². The average molecular weight is 477 g/mol. The lowest BCUT2D eigenvalue weighted by atomic mass is 9.88. The fourth-order valence-corrected chi connectivity index (χ4v) is 5.68. The summed E-state index contributed by atoms with van der Waals surface area (Å²) in [5, 5.41) is 5.23. The van der Waals surface area contributed by atoms with Crippen molar-refractivity contribution in [3.8, 4) is 0 Å². The number of hydrogen-bond donors (Lipinski definition) is 1. The number of rotatable bonds is 5. The first-order chi connectivity index (χ1) is 17.0. The Morgan fingerprint density at radius 3 is 2.91 bits per heavy atom. The van der Waals surface area contributed by atoms with Gasteiger partial charge in [-0.15, -0.1) is 0 Å². The van der Waals surface area contributed by atoms with Crippen LogP contribution in [0.3, 0.4) is 0 Å². The molecule has 8 heteroatoms. The molecule has 186 valence electrons. The molecule has 0 saturated carbocycles. The molecule has 0 radical (unpaired) electrons. The summed E-state index contributed by atoms with van der Waals surface area (Å²) in [5.74, 6) is 1.63. The zero-order valence-corrected chi connectivity index (χ0v) is 21.0. The quantitative estimate of drug-likeness (QED) is 0.668. The third-order valence-corrected chi connectivity index (χ3v) is 7.70. The first-order valence-electron chi connectivity index (χ1n) is 12.7. The second kappa shape index (κ2) is 9.85. The lowest BCUT2D eigenvalue weighted by Crippen LogP contribution is -2.36. The van der Waals surface area contributed by atoms with Gasteiger partial charge in [0.15, 0.2) is 5.82 Å². The number of benzene rings is 1. The highest BCUT2D eigenvalue weighted by molar-refractivity contribution is 6.09. The van der Waals surface area contributed by atoms with Crippen molar-refractivity contribution < 1.29 is 9.53 Å². The molecule has 2 aromatic rings. The van der Waals surface area contributed by atoms with Crippen LogP contribution in [0.1, 0.15) is 55.1 Å². The minimum Gasteiger partial charge on any atom is -0.404 e. The van der Waals surface area contributed by atoms with Crippen molar-refractivity contribution in [2.45, 2.75) is 52.1 Å². The normalized spacial score (nSPS) is 22.5. The van der Waals surface area contributed by atoms with Crippen LogP contribution in [-0.4, -0.2) is 60.2 Å². The van der Waals surface area contributed by atoms with E-state index in [0.717, 1.165) is 62.3 Å². The molecule has 1 unspecified atom stereocenters. The van der Waals surface area contributed by atoms with E-state index in [1.54, 1.807) is 26.4 Å². The number of aromatic nitrogens is 2. The van der Waals surface area contributed by atoms with Gasteiger partial charge in [0.25, 0.3) is 0 Å². The van der Waals surface area contributed by atoms with Gasteiger partial charge in [0.2, 0.25) is 5.91 Å². The van der Waals surface area contributed by atoms with Gasteiger partial charge in [0, 0.05) is 75.0 Å². The van der Waals surface area contributed by atoms with Crippen molar-refractivity contribution in [3.63, 3.8) is 0 Å². The Labute approximate surface area is 207 Å². The van der Waals surface area contributed by atoms with Crippen LogP contribution in [0.5, 0.6) is 0 Å². The molecule has 5 rings (SSSR count). The number of allylic oxidation sites excluding steroid dienone is 1. The van der Waals surface area contributed by atoms with Crippen LogP contribution in [0.2, 0.25) is 0 Å². The number of fused-ring (bicyclic) bond motifs is 2. The van der Waals surface area contributed by atoms with Crippen LogP contribution in [0.15, 0.2) is 29.4 Å². The van der Waals surface area contributed by atoms with E-state index < -0.39 is 0 Å². The van der Waals surface area contributed by atoms with E-state index in [1.807, 2.05) is 4.90 Å². The monoisotopic (exact) mass is 476 g/mol.